The fraction of sp³-hybridized carbons (Fsp3) is 0.917. The number of amidine groups is 1. The second kappa shape index (κ2) is 8.58. The van der Waals surface area contributed by atoms with E-state index in [0.29, 0.717) is 0 Å². The molecule has 0 aliphatic rings. The smallest absolute Gasteiger partial charge is 0.409 e. The molecule has 0 spiro atoms. The van der Waals surface area contributed by atoms with E-state index in [9.17, 15) is 101 Å². The molecule has 0 atom stereocenters. The molecule has 0 rings (SSSR count). The lowest BCUT2D eigenvalue weighted by Crippen LogP contribution is -2.78. The molecule has 228 valence electrons. The largest absolute Gasteiger partial charge is 0.460 e. The van der Waals surface area contributed by atoms with Gasteiger partial charge in [-0.05, 0) is 0 Å². The lowest BCUT2D eigenvalue weighted by atomic mass is 9.85. The summed E-state index contributed by atoms with van der Waals surface area (Å²) in [5.41, 5.74) is 3.71. The second-order valence-corrected chi connectivity index (χ2v) is 6.73. The van der Waals surface area contributed by atoms with Gasteiger partial charge in [-0.25, -0.2) is 0 Å². The maximum atomic E-state index is 13.5. The summed E-state index contributed by atoms with van der Waals surface area (Å²) in [6.07, 6.45) is -8.12. The van der Waals surface area contributed by atoms with Gasteiger partial charge in [0.25, 0.3) is 0 Å². The maximum Gasteiger partial charge on any atom is 0.460 e. The van der Waals surface area contributed by atoms with Crippen LogP contribution in [-0.2, 0) is 0 Å². The Labute approximate surface area is 190 Å². The van der Waals surface area contributed by atoms with Crippen LogP contribution in [0.15, 0.2) is 5.16 Å². The number of oxime groups is 1. The number of alkyl halides is 23. The molecule has 38 heavy (non-hydrogen) atoms. The Bertz CT molecular complexity index is 914. The highest BCUT2D eigenvalue weighted by molar-refractivity contribution is 5.88. The van der Waals surface area contributed by atoms with E-state index in [1.807, 2.05) is 0 Å². The normalized spacial score (nSPS) is 17.2. The van der Waals surface area contributed by atoms with Gasteiger partial charge in [0.15, 0.2) is 0 Å². The molecule has 0 bridgehead atoms. The van der Waals surface area contributed by atoms with Gasteiger partial charge < -0.3 is 10.9 Å². The summed E-state index contributed by atoms with van der Waals surface area (Å²) in [6.45, 7) is 0. The first kappa shape index (κ1) is 35.7. The third-order valence-corrected chi connectivity index (χ3v) is 4.33. The minimum atomic E-state index is -9.47. The molecule has 0 aromatic carbocycles. The Hall–Kier alpha value is -2.34. The number of halogens is 23. The molecule has 0 aliphatic heterocycles. The molecule has 3 nitrogen and oxygen atoms in total. The lowest BCUT2D eigenvalue weighted by molar-refractivity contribution is -0.477. The van der Waals surface area contributed by atoms with Gasteiger partial charge in [-0.1, -0.05) is 5.16 Å². The van der Waals surface area contributed by atoms with E-state index in [0.717, 1.165) is 5.16 Å². The van der Waals surface area contributed by atoms with Crippen molar-refractivity contribution in [2.24, 2.45) is 10.9 Å². The molecule has 0 unspecified atom stereocenters. The van der Waals surface area contributed by atoms with Crippen molar-refractivity contribution in [2.75, 3.05) is 0 Å². The number of hydrogen-bond donors (Lipinski definition) is 2. The third kappa shape index (κ3) is 3.92. The summed E-state index contributed by atoms with van der Waals surface area (Å²) in [4.78, 5) is 0. The number of nitrogens with zero attached hydrogens (tertiary/aromatic N) is 1. The zero-order valence-electron chi connectivity index (χ0n) is 16.2. The topological polar surface area (TPSA) is 58.6 Å². The molecule has 0 aromatic rings. The van der Waals surface area contributed by atoms with E-state index in [-0.39, 0.29) is 0 Å². The van der Waals surface area contributed by atoms with Crippen LogP contribution in [0.4, 0.5) is 101 Å². The van der Waals surface area contributed by atoms with Gasteiger partial charge in [0.05, 0.1) is 0 Å². The Morgan fingerprint density at radius 1 is 0.368 bits per heavy atom. The highest BCUT2D eigenvalue weighted by Gasteiger charge is 2.99. The monoisotopic (exact) mass is 628 g/mol. The molecule has 0 saturated heterocycles. The van der Waals surface area contributed by atoms with E-state index in [1.54, 1.807) is 0 Å². The average molecular weight is 628 g/mol. The molecule has 0 aromatic heterocycles. The molecule has 0 fully saturated rings. The fourth-order valence-corrected chi connectivity index (χ4v) is 1.98. The Kier molecular flexibility index (Phi) is 8.05. The SMILES string of the molecule is NC(=NO)C(F)(F)C(F)(F)C(F)(F)C(F)(F)C(F)(F)C(F)(F)C(F)(F)C(F)(F)C(F)(F)C(F)(F)C(F)(F)F. The number of hydrogen-bond acceptors (Lipinski definition) is 2. The van der Waals surface area contributed by atoms with Crippen LogP contribution >= 0.6 is 0 Å². The second-order valence-electron chi connectivity index (χ2n) is 6.73. The van der Waals surface area contributed by atoms with Crippen LogP contribution in [0.3, 0.4) is 0 Å². The standard InChI is InChI=1S/C12H3F23N2O/c13-2(14,1(36)37-38)3(15,16)4(17,18)5(19,20)6(21,22)7(23,24)8(25,26)9(27,28)10(29,30)11(31,32)12(33,34)35/h38H,(H2,36,37). The van der Waals surface area contributed by atoms with Crippen molar-refractivity contribution in [3.63, 3.8) is 0 Å². The first-order valence-electron chi connectivity index (χ1n) is 7.81. The highest BCUT2D eigenvalue weighted by Crippen LogP contribution is 2.67. The molecule has 0 radical (unpaired) electrons. The zero-order valence-corrected chi connectivity index (χ0v) is 16.2. The Morgan fingerprint density at radius 2 is 0.553 bits per heavy atom. The Balaban J connectivity index is 7.28. The first-order valence-corrected chi connectivity index (χ1v) is 7.81. The van der Waals surface area contributed by atoms with Gasteiger partial charge in [-0.15, -0.1) is 0 Å². The number of rotatable bonds is 10. The van der Waals surface area contributed by atoms with Crippen molar-refractivity contribution in [1.82, 2.24) is 0 Å². The summed E-state index contributed by atoms with van der Waals surface area (Å²) in [7, 11) is 0. The highest BCUT2D eigenvalue weighted by atomic mass is 19.4. The predicted molar refractivity (Wildman–Crippen MR) is 68.9 cm³/mol. The lowest BCUT2D eigenvalue weighted by Gasteiger charge is -2.45. The minimum absolute atomic E-state index is 0.859. The van der Waals surface area contributed by atoms with Gasteiger partial charge >= 0.3 is 65.4 Å². The molecular weight excluding hydrogens is 625 g/mol. The van der Waals surface area contributed by atoms with Crippen LogP contribution in [0.1, 0.15) is 0 Å². The van der Waals surface area contributed by atoms with Crippen LogP contribution in [0.5, 0.6) is 0 Å². The molecule has 0 aliphatic carbocycles. The van der Waals surface area contributed by atoms with E-state index >= 15 is 0 Å². The van der Waals surface area contributed by atoms with Crippen LogP contribution < -0.4 is 5.73 Å². The summed E-state index contributed by atoms with van der Waals surface area (Å²) in [5.74, 6) is -92.6. The summed E-state index contributed by atoms with van der Waals surface area (Å²) >= 11 is 0. The van der Waals surface area contributed by atoms with Crippen molar-refractivity contribution in [3.8, 4) is 0 Å². The van der Waals surface area contributed by atoms with E-state index in [4.69, 9.17) is 5.21 Å². The first-order chi connectivity index (χ1) is 16.0. The van der Waals surface area contributed by atoms with Gasteiger partial charge in [0, 0.05) is 0 Å². The Morgan fingerprint density at radius 3 is 0.737 bits per heavy atom. The van der Waals surface area contributed by atoms with Crippen LogP contribution in [-0.4, -0.2) is 76.4 Å². The van der Waals surface area contributed by atoms with Crippen molar-refractivity contribution in [3.05, 3.63) is 0 Å². The zero-order chi connectivity index (χ0) is 31.8. The van der Waals surface area contributed by atoms with Crippen molar-refractivity contribution in [1.29, 1.82) is 0 Å². The van der Waals surface area contributed by atoms with Gasteiger partial charge in [0.1, 0.15) is 0 Å². The quantitative estimate of drug-likeness (QED) is 0.0937. The maximum absolute atomic E-state index is 13.5. The number of nitrogens with two attached hydrogens (primary N) is 1. The van der Waals surface area contributed by atoms with E-state index in [1.165, 1.54) is 0 Å². The van der Waals surface area contributed by atoms with Crippen molar-refractivity contribution < 1.29 is 106 Å². The minimum Gasteiger partial charge on any atom is -0.409 e. The fourth-order valence-electron chi connectivity index (χ4n) is 1.98. The van der Waals surface area contributed by atoms with Gasteiger partial charge in [0.2, 0.25) is 5.84 Å². The van der Waals surface area contributed by atoms with Crippen LogP contribution in [0.25, 0.3) is 0 Å². The van der Waals surface area contributed by atoms with E-state index < -0.39 is 71.2 Å². The van der Waals surface area contributed by atoms with Gasteiger partial charge in [-0.2, -0.15) is 101 Å². The summed E-state index contributed by atoms with van der Waals surface area (Å²) in [5, 5.41) is 8.60. The molecular formula is C12H3F23N2O. The van der Waals surface area contributed by atoms with Crippen LogP contribution in [0, 0.1) is 0 Å². The molecule has 0 amide bonds. The van der Waals surface area contributed by atoms with Crippen molar-refractivity contribution in [2.45, 2.75) is 65.4 Å². The molecule has 0 heterocycles. The average Bonchev–Trinajstić information content (AvgIpc) is 2.70. The summed E-state index contributed by atoms with van der Waals surface area (Å²) in [6, 6.07) is 0. The molecule has 26 heteroatoms. The third-order valence-electron chi connectivity index (χ3n) is 4.33. The molecule has 3 N–H and O–H groups in total. The molecule has 0 saturated carbocycles. The van der Waals surface area contributed by atoms with Gasteiger partial charge in [-0.3, -0.25) is 0 Å². The predicted octanol–water partition coefficient (Wildman–Crippen LogP) is 6.65. The van der Waals surface area contributed by atoms with E-state index in [2.05, 4.69) is 5.73 Å². The van der Waals surface area contributed by atoms with Crippen LogP contribution in [0.2, 0.25) is 0 Å². The summed E-state index contributed by atoms with van der Waals surface area (Å²) < 4.78 is 301. The van der Waals surface area contributed by atoms with Crippen molar-refractivity contribution >= 4 is 5.84 Å².